The first-order valence-electron chi connectivity index (χ1n) is 10.8. The van der Waals surface area contributed by atoms with E-state index >= 15 is 0 Å². The van der Waals surface area contributed by atoms with E-state index in [0.29, 0.717) is 50.7 Å². The Kier molecular flexibility index (Phi) is 5.56. The second-order valence-corrected chi connectivity index (χ2v) is 8.07. The van der Waals surface area contributed by atoms with Crippen LogP contribution in [0.1, 0.15) is 23.5 Å². The van der Waals surface area contributed by atoms with E-state index in [1.54, 1.807) is 36.4 Å². The lowest BCUT2D eigenvalue weighted by Crippen LogP contribution is -2.22. The summed E-state index contributed by atoms with van der Waals surface area (Å²) in [4.78, 5) is 25.9. The zero-order valence-electron chi connectivity index (χ0n) is 19.3. The van der Waals surface area contributed by atoms with Crippen molar-refractivity contribution in [2.75, 3.05) is 21.3 Å². The number of methoxy groups -OCH3 is 3. The minimum absolute atomic E-state index is 0.0359. The molecule has 0 saturated carbocycles. The summed E-state index contributed by atoms with van der Waals surface area (Å²) >= 11 is 0. The first kappa shape index (κ1) is 22.3. The molecule has 0 bridgehead atoms. The average Bonchev–Trinajstić information content (AvgIpc) is 2.87. The standard InChI is InChI=1S/C27H22O8/c1-31-21-10-15(11-22(32-2)27(21)33-3)18-12-23(29)35-20-9-8-17-25(30)19(13-34-26(17)24(18)20)14-4-6-16(28)7-5-14/h4-11,13,18,28H,12H2,1-3H3/t18-/m0/s1. The van der Waals surface area contributed by atoms with E-state index in [1.807, 2.05) is 0 Å². The maximum atomic E-state index is 13.4. The monoisotopic (exact) mass is 474 g/mol. The molecule has 0 spiro atoms. The predicted octanol–water partition coefficient (Wildman–Crippen LogP) is 4.63. The van der Waals surface area contributed by atoms with Gasteiger partial charge in [0.15, 0.2) is 11.5 Å². The summed E-state index contributed by atoms with van der Waals surface area (Å²) in [6.07, 6.45) is 1.42. The van der Waals surface area contributed by atoms with Crippen molar-refractivity contribution in [2.45, 2.75) is 12.3 Å². The van der Waals surface area contributed by atoms with Crippen molar-refractivity contribution in [2.24, 2.45) is 0 Å². The minimum Gasteiger partial charge on any atom is -0.508 e. The summed E-state index contributed by atoms with van der Waals surface area (Å²) < 4.78 is 27.9. The third-order valence-corrected chi connectivity index (χ3v) is 6.15. The van der Waals surface area contributed by atoms with Crippen LogP contribution in [0.4, 0.5) is 0 Å². The molecule has 0 unspecified atom stereocenters. The lowest BCUT2D eigenvalue weighted by molar-refractivity contribution is -0.135. The number of carbonyl (C=O) groups is 1. The molecule has 0 radical (unpaired) electrons. The highest BCUT2D eigenvalue weighted by Crippen LogP contribution is 2.47. The van der Waals surface area contributed by atoms with E-state index in [2.05, 4.69) is 0 Å². The van der Waals surface area contributed by atoms with E-state index in [9.17, 15) is 14.7 Å². The van der Waals surface area contributed by atoms with Gasteiger partial charge in [-0.25, -0.2) is 0 Å². The van der Waals surface area contributed by atoms with Crippen LogP contribution in [0.2, 0.25) is 0 Å². The number of hydrogen-bond acceptors (Lipinski definition) is 8. The number of phenolic OH excluding ortho intramolecular Hbond substituents is 1. The van der Waals surface area contributed by atoms with Crippen LogP contribution in [0.3, 0.4) is 0 Å². The fourth-order valence-corrected chi connectivity index (χ4v) is 4.48. The fourth-order valence-electron chi connectivity index (χ4n) is 4.48. The van der Waals surface area contributed by atoms with Crippen LogP contribution in [-0.2, 0) is 4.79 Å². The Morgan fingerprint density at radius 3 is 2.23 bits per heavy atom. The van der Waals surface area contributed by atoms with E-state index in [4.69, 9.17) is 23.4 Å². The van der Waals surface area contributed by atoms with E-state index in [1.165, 1.54) is 39.7 Å². The third kappa shape index (κ3) is 3.73. The molecule has 0 fully saturated rings. The SMILES string of the molecule is COc1cc([C@@H]2CC(=O)Oc3ccc4c(=O)c(-c5ccc(O)cc5)coc4c32)cc(OC)c1OC. The maximum absolute atomic E-state index is 13.4. The van der Waals surface area contributed by atoms with Crippen LogP contribution in [0.15, 0.2) is 64.0 Å². The Bertz CT molecular complexity index is 1480. The van der Waals surface area contributed by atoms with Gasteiger partial charge in [0, 0.05) is 11.5 Å². The molecular weight excluding hydrogens is 452 g/mol. The summed E-state index contributed by atoms with van der Waals surface area (Å²) in [7, 11) is 4.55. The molecule has 3 aromatic carbocycles. The Hall–Kier alpha value is -4.46. The van der Waals surface area contributed by atoms with Gasteiger partial charge in [0.25, 0.3) is 0 Å². The van der Waals surface area contributed by atoms with Crippen LogP contribution >= 0.6 is 0 Å². The van der Waals surface area contributed by atoms with Crippen molar-refractivity contribution in [1.29, 1.82) is 0 Å². The number of phenols is 1. The molecule has 8 heteroatoms. The van der Waals surface area contributed by atoms with Gasteiger partial charge in [-0.1, -0.05) is 12.1 Å². The molecule has 0 aliphatic carbocycles. The molecule has 1 aliphatic rings. The Balaban J connectivity index is 1.73. The van der Waals surface area contributed by atoms with Crippen LogP contribution in [0, 0.1) is 0 Å². The normalized spacial score (nSPS) is 14.8. The number of benzene rings is 3. The van der Waals surface area contributed by atoms with Crippen molar-refractivity contribution >= 4 is 16.9 Å². The molecule has 1 N–H and O–H groups in total. The maximum Gasteiger partial charge on any atom is 0.312 e. The van der Waals surface area contributed by atoms with E-state index in [-0.39, 0.29) is 17.6 Å². The molecule has 35 heavy (non-hydrogen) atoms. The molecule has 8 nitrogen and oxygen atoms in total. The lowest BCUT2D eigenvalue weighted by Gasteiger charge is -2.26. The number of fused-ring (bicyclic) bond motifs is 3. The van der Waals surface area contributed by atoms with Gasteiger partial charge in [0.2, 0.25) is 11.2 Å². The topological polar surface area (TPSA) is 104 Å². The smallest absolute Gasteiger partial charge is 0.312 e. The van der Waals surface area contributed by atoms with Gasteiger partial charge in [-0.3, -0.25) is 9.59 Å². The van der Waals surface area contributed by atoms with Crippen LogP contribution in [0.25, 0.3) is 22.1 Å². The molecule has 1 atom stereocenters. The molecular formula is C27H22O8. The minimum atomic E-state index is -0.480. The summed E-state index contributed by atoms with van der Waals surface area (Å²) in [6, 6.07) is 13.1. The third-order valence-electron chi connectivity index (χ3n) is 6.15. The highest BCUT2D eigenvalue weighted by Gasteiger charge is 2.33. The Morgan fingerprint density at radius 2 is 1.60 bits per heavy atom. The quantitative estimate of drug-likeness (QED) is 0.330. The molecule has 2 heterocycles. The summed E-state index contributed by atoms with van der Waals surface area (Å²) in [6.45, 7) is 0. The van der Waals surface area contributed by atoms with Gasteiger partial charge in [0.05, 0.1) is 38.7 Å². The molecule has 0 amide bonds. The molecule has 1 aliphatic heterocycles. The molecule has 5 rings (SSSR count). The zero-order valence-corrected chi connectivity index (χ0v) is 19.3. The van der Waals surface area contributed by atoms with E-state index < -0.39 is 11.9 Å². The Morgan fingerprint density at radius 1 is 0.914 bits per heavy atom. The Labute approximate surface area is 200 Å². The number of carbonyl (C=O) groups excluding carboxylic acids is 1. The van der Waals surface area contributed by atoms with Gasteiger partial charge < -0.3 is 28.5 Å². The second-order valence-electron chi connectivity index (χ2n) is 8.07. The number of hydrogen-bond donors (Lipinski definition) is 1. The number of rotatable bonds is 5. The molecule has 4 aromatic rings. The zero-order chi connectivity index (χ0) is 24.7. The number of esters is 1. The summed E-state index contributed by atoms with van der Waals surface area (Å²) in [5, 5.41) is 9.93. The predicted molar refractivity (Wildman–Crippen MR) is 128 cm³/mol. The molecule has 0 saturated heterocycles. The number of aromatic hydroxyl groups is 1. The van der Waals surface area contributed by atoms with Crippen LogP contribution in [-0.4, -0.2) is 32.4 Å². The first-order chi connectivity index (χ1) is 16.9. The molecule has 1 aromatic heterocycles. The van der Waals surface area contributed by atoms with Crippen molar-refractivity contribution in [3.63, 3.8) is 0 Å². The van der Waals surface area contributed by atoms with E-state index in [0.717, 1.165) is 5.56 Å². The lowest BCUT2D eigenvalue weighted by atomic mass is 9.84. The van der Waals surface area contributed by atoms with Gasteiger partial charge >= 0.3 is 5.97 Å². The summed E-state index contributed by atoms with van der Waals surface area (Å²) in [5.74, 6) is 0.860. The van der Waals surface area contributed by atoms with Gasteiger partial charge in [-0.15, -0.1) is 0 Å². The van der Waals surface area contributed by atoms with Gasteiger partial charge in [-0.05, 0) is 47.5 Å². The van der Waals surface area contributed by atoms with Gasteiger partial charge in [-0.2, -0.15) is 0 Å². The largest absolute Gasteiger partial charge is 0.508 e. The van der Waals surface area contributed by atoms with Crippen LogP contribution in [0.5, 0.6) is 28.7 Å². The highest BCUT2D eigenvalue weighted by atomic mass is 16.5. The van der Waals surface area contributed by atoms with Crippen molar-refractivity contribution < 1.29 is 33.3 Å². The second kappa shape index (κ2) is 8.72. The van der Waals surface area contributed by atoms with Crippen molar-refractivity contribution in [1.82, 2.24) is 0 Å². The van der Waals surface area contributed by atoms with Crippen LogP contribution < -0.4 is 24.4 Å². The van der Waals surface area contributed by atoms with Crippen molar-refractivity contribution in [3.8, 4) is 39.9 Å². The fraction of sp³-hybridized carbons (Fsp3) is 0.185. The number of ether oxygens (including phenoxy) is 4. The average molecular weight is 474 g/mol. The first-order valence-corrected chi connectivity index (χ1v) is 10.8. The highest BCUT2D eigenvalue weighted by molar-refractivity contribution is 5.90. The molecule has 178 valence electrons. The van der Waals surface area contributed by atoms with Gasteiger partial charge in [0.1, 0.15) is 23.3 Å². The summed E-state index contributed by atoms with van der Waals surface area (Å²) in [5.41, 5.74) is 2.38. The van der Waals surface area contributed by atoms with Crippen molar-refractivity contribution in [3.05, 3.63) is 76.1 Å².